The van der Waals surface area contributed by atoms with E-state index in [1.165, 1.54) is 0 Å². The lowest BCUT2D eigenvalue weighted by molar-refractivity contribution is 0.144. The Bertz CT molecular complexity index is 1160. The third-order valence-corrected chi connectivity index (χ3v) is 6.73. The van der Waals surface area contributed by atoms with Crippen LogP contribution in [0.4, 0.5) is 4.79 Å². The molecule has 0 unspecified atom stereocenters. The summed E-state index contributed by atoms with van der Waals surface area (Å²) in [7, 11) is 0. The van der Waals surface area contributed by atoms with Crippen molar-refractivity contribution in [3.63, 3.8) is 0 Å². The van der Waals surface area contributed by atoms with Crippen LogP contribution in [-0.4, -0.2) is 33.9 Å². The zero-order chi connectivity index (χ0) is 22.8. The lowest BCUT2D eigenvalue weighted by atomic mass is 9.95. The number of carbonyl (C=O) groups is 1. The van der Waals surface area contributed by atoms with E-state index in [4.69, 9.17) is 32.9 Å². The molecule has 2 aliphatic rings. The second kappa shape index (κ2) is 9.27. The number of ether oxygens (including phenoxy) is 1. The quantitative estimate of drug-likeness (QED) is 0.413. The number of carbonyl (C=O) groups excluding carboxylic acids is 1. The number of aryl methyl sites for hydroxylation is 1. The van der Waals surface area contributed by atoms with Crippen LogP contribution in [0.1, 0.15) is 49.2 Å². The third kappa shape index (κ3) is 4.97. The van der Waals surface area contributed by atoms with Crippen LogP contribution >= 0.6 is 23.2 Å². The van der Waals surface area contributed by atoms with Gasteiger partial charge in [0, 0.05) is 16.6 Å². The third-order valence-electron chi connectivity index (χ3n) is 6.15. The van der Waals surface area contributed by atoms with Crippen molar-refractivity contribution in [2.45, 2.75) is 50.0 Å². The first-order valence-electron chi connectivity index (χ1n) is 11.2. The summed E-state index contributed by atoms with van der Waals surface area (Å²) in [6.45, 7) is 0.308. The average molecular weight is 483 g/mol. The van der Waals surface area contributed by atoms with E-state index in [1.54, 1.807) is 0 Å². The lowest BCUT2D eigenvalue weighted by Crippen LogP contribution is -2.26. The number of hydrogen-bond acceptors (Lipinski definition) is 5. The van der Waals surface area contributed by atoms with Gasteiger partial charge in [0.05, 0.1) is 22.7 Å². The van der Waals surface area contributed by atoms with Gasteiger partial charge in [-0.15, -0.1) is 10.2 Å². The van der Waals surface area contributed by atoms with Gasteiger partial charge in [0.2, 0.25) is 0 Å². The van der Waals surface area contributed by atoms with Crippen LogP contribution in [0.2, 0.25) is 10.0 Å². The largest absolute Gasteiger partial charge is 0.450 e. The molecular weight excluding hydrogens is 459 g/mol. The zero-order valence-corrected chi connectivity index (χ0v) is 19.6. The van der Waals surface area contributed by atoms with E-state index in [2.05, 4.69) is 15.5 Å². The number of rotatable bonds is 8. The van der Waals surface area contributed by atoms with Gasteiger partial charge in [-0.2, -0.15) is 0 Å². The number of benzene rings is 2. The van der Waals surface area contributed by atoms with E-state index in [-0.39, 0.29) is 17.6 Å². The van der Waals surface area contributed by atoms with Crippen LogP contribution in [0, 0.1) is 0 Å². The Hall–Kier alpha value is -2.70. The van der Waals surface area contributed by atoms with Gasteiger partial charge >= 0.3 is 6.09 Å². The standard InChI is InChI=1S/C25H24Cl2N4O2/c26-17-9-7-16(8-10-17)25(13-14-25)23-29-21(6-3-15-33-24(32)28-18-11-12-18)22(30-31-23)19-4-1-2-5-20(19)27/h1-2,4-5,7-10,18H,3,6,11-15H2,(H,28,32). The molecule has 3 aromatic rings. The molecule has 2 saturated carbocycles. The second-order valence-electron chi connectivity index (χ2n) is 8.66. The Balaban J connectivity index is 1.39. The number of amides is 1. The fraction of sp³-hybridized carbons (Fsp3) is 0.360. The summed E-state index contributed by atoms with van der Waals surface area (Å²) in [5.74, 6) is 0.711. The van der Waals surface area contributed by atoms with Crippen molar-refractivity contribution in [2.75, 3.05) is 6.61 Å². The molecule has 0 spiro atoms. The van der Waals surface area contributed by atoms with Crippen LogP contribution < -0.4 is 5.32 Å². The van der Waals surface area contributed by atoms with Gasteiger partial charge in [-0.3, -0.25) is 0 Å². The van der Waals surface area contributed by atoms with Gasteiger partial charge in [0.25, 0.3) is 0 Å². The van der Waals surface area contributed by atoms with Gasteiger partial charge < -0.3 is 10.1 Å². The molecule has 1 amide bonds. The first-order chi connectivity index (χ1) is 16.0. The Labute approximate surface area is 202 Å². The molecule has 33 heavy (non-hydrogen) atoms. The smallest absolute Gasteiger partial charge is 0.407 e. The molecule has 0 saturated heterocycles. The fourth-order valence-electron chi connectivity index (χ4n) is 3.97. The number of halogens is 2. The molecule has 2 aliphatic carbocycles. The van der Waals surface area contributed by atoms with Gasteiger partial charge in [-0.05, 0) is 62.3 Å². The minimum atomic E-state index is -0.356. The highest BCUT2D eigenvalue weighted by Gasteiger charge is 2.49. The molecule has 170 valence electrons. The zero-order valence-electron chi connectivity index (χ0n) is 18.1. The number of nitrogens with zero attached hydrogens (tertiary/aromatic N) is 3. The van der Waals surface area contributed by atoms with Crippen LogP contribution in [-0.2, 0) is 16.6 Å². The summed E-state index contributed by atoms with van der Waals surface area (Å²) in [4.78, 5) is 16.8. The molecule has 0 radical (unpaired) electrons. The van der Waals surface area contributed by atoms with Crippen LogP contribution in [0.15, 0.2) is 48.5 Å². The van der Waals surface area contributed by atoms with E-state index in [9.17, 15) is 4.79 Å². The maximum atomic E-state index is 11.8. The molecule has 0 atom stereocenters. The van der Waals surface area contributed by atoms with E-state index < -0.39 is 0 Å². The summed E-state index contributed by atoms with van der Waals surface area (Å²) in [5.41, 5.74) is 3.18. The molecule has 1 heterocycles. The van der Waals surface area contributed by atoms with Crippen molar-refractivity contribution < 1.29 is 9.53 Å². The summed E-state index contributed by atoms with van der Waals surface area (Å²) in [6, 6.07) is 15.7. The summed E-state index contributed by atoms with van der Waals surface area (Å²) >= 11 is 12.5. The maximum Gasteiger partial charge on any atom is 0.407 e. The Morgan fingerprint density at radius 3 is 2.52 bits per heavy atom. The highest BCUT2D eigenvalue weighted by atomic mass is 35.5. The average Bonchev–Trinajstić information content (AvgIpc) is 3.74. The molecule has 2 aromatic carbocycles. The number of hydrogen-bond donors (Lipinski definition) is 1. The van der Waals surface area contributed by atoms with E-state index in [0.29, 0.717) is 41.0 Å². The van der Waals surface area contributed by atoms with Gasteiger partial charge in [-0.25, -0.2) is 9.78 Å². The van der Waals surface area contributed by atoms with E-state index >= 15 is 0 Å². The van der Waals surface area contributed by atoms with Crippen molar-refractivity contribution in [1.82, 2.24) is 20.5 Å². The minimum Gasteiger partial charge on any atom is -0.450 e. The van der Waals surface area contributed by atoms with Crippen molar-refractivity contribution >= 4 is 29.3 Å². The molecule has 0 bridgehead atoms. The fourth-order valence-corrected chi connectivity index (χ4v) is 4.32. The summed E-state index contributed by atoms with van der Waals surface area (Å²) in [6.07, 6.45) is 4.85. The summed E-state index contributed by atoms with van der Waals surface area (Å²) < 4.78 is 5.32. The van der Waals surface area contributed by atoms with Crippen molar-refractivity contribution in [3.8, 4) is 11.3 Å². The Morgan fingerprint density at radius 2 is 1.82 bits per heavy atom. The molecule has 6 nitrogen and oxygen atoms in total. The predicted molar refractivity (Wildman–Crippen MR) is 128 cm³/mol. The van der Waals surface area contributed by atoms with Gasteiger partial charge in [0.1, 0.15) is 5.69 Å². The van der Waals surface area contributed by atoms with E-state index in [0.717, 1.165) is 42.5 Å². The summed E-state index contributed by atoms with van der Waals surface area (Å²) in [5, 5.41) is 13.2. The molecule has 2 fully saturated rings. The molecule has 5 rings (SSSR count). The Morgan fingerprint density at radius 1 is 1.06 bits per heavy atom. The molecule has 1 aromatic heterocycles. The molecule has 0 aliphatic heterocycles. The van der Waals surface area contributed by atoms with Gasteiger partial charge in [-0.1, -0.05) is 53.5 Å². The SMILES string of the molecule is O=C(NC1CC1)OCCCc1nc(C2(c3ccc(Cl)cc3)CC2)nnc1-c1ccccc1Cl. The van der Waals surface area contributed by atoms with Crippen molar-refractivity contribution in [2.24, 2.45) is 0 Å². The molecule has 8 heteroatoms. The molecule has 1 N–H and O–H groups in total. The first kappa shape index (κ1) is 22.1. The maximum absolute atomic E-state index is 11.8. The van der Waals surface area contributed by atoms with Crippen molar-refractivity contribution in [3.05, 3.63) is 75.7 Å². The van der Waals surface area contributed by atoms with Gasteiger partial charge in [0.15, 0.2) is 5.82 Å². The monoisotopic (exact) mass is 482 g/mol. The number of alkyl carbamates (subject to hydrolysis) is 1. The highest BCUT2D eigenvalue weighted by Crippen LogP contribution is 2.52. The van der Waals surface area contributed by atoms with Crippen LogP contribution in [0.25, 0.3) is 11.3 Å². The molecular formula is C25H24Cl2N4O2. The second-order valence-corrected chi connectivity index (χ2v) is 9.50. The normalized spacial score (nSPS) is 16.3. The van der Waals surface area contributed by atoms with E-state index in [1.807, 2.05) is 48.5 Å². The van der Waals surface area contributed by atoms with Crippen LogP contribution in [0.5, 0.6) is 0 Å². The number of nitrogens with one attached hydrogen (secondary N) is 1. The predicted octanol–water partition coefficient (Wildman–Crippen LogP) is 5.75. The Kier molecular flexibility index (Phi) is 6.21. The van der Waals surface area contributed by atoms with Crippen LogP contribution in [0.3, 0.4) is 0 Å². The first-order valence-corrected chi connectivity index (χ1v) is 12.0. The highest BCUT2D eigenvalue weighted by molar-refractivity contribution is 6.33. The minimum absolute atomic E-state index is 0.230. The van der Waals surface area contributed by atoms with Crippen molar-refractivity contribution in [1.29, 1.82) is 0 Å². The topological polar surface area (TPSA) is 77.0 Å². The lowest BCUT2D eigenvalue weighted by Gasteiger charge is -2.17. The number of aromatic nitrogens is 3.